The number of nitro groups is 1. The monoisotopic (exact) mass is 371 g/mol. The molecule has 2 aromatic rings. The molecule has 8 nitrogen and oxygen atoms in total. The maximum atomic E-state index is 12.7. The lowest BCUT2D eigenvalue weighted by molar-refractivity contribution is -0.384. The van der Waals surface area contributed by atoms with Crippen molar-refractivity contribution >= 4 is 17.1 Å². The summed E-state index contributed by atoms with van der Waals surface area (Å²) in [5, 5.41) is 37.3. The minimum Gasteiger partial charge on any atom is -0.505 e. The van der Waals surface area contributed by atoms with Crippen LogP contribution in [0, 0.1) is 10.1 Å². The van der Waals surface area contributed by atoms with Gasteiger partial charge in [0.15, 0.2) is 5.69 Å². The number of rotatable bonds is 5. The van der Waals surface area contributed by atoms with E-state index in [4.69, 9.17) is 4.74 Å². The molecule has 0 saturated carbocycles. The lowest BCUT2D eigenvalue weighted by Crippen LogP contribution is -2.05. The molecule has 0 amide bonds. The lowest BCUT2D eigenvalue weighted by atomic mass is 10.1. The van der Waals surface area contributed by atoms with E-state index >= 15 is 0 Å². The molecule has 0 saturated heterocycles. The van der Waals surface area contributed by atoms with Crippen molar-refractivity contribution in [2.75, 3.05) is 7.11 Å². The van der Waals surface area contributed by atoms with Gasteiger partial charge in [-0.1, -0.05) is 0 Å². The van der Waals surface area contributed by atoms with Gasteiger partial charge < -0.3 is 14.9 Å². The first-order valence-corrected chi connectivity index (χ1v) is 6.95. The van der Waals surface area contributed by atoms with Crippen molar-refractivity contribution in [2.24, 2.45) is 10.2 Å². The number of aliphatic hydroxyl groups is 1. The van der Waals surface area contributed by atoms with Crippen LogP contribution >= 0.6 is 0 Å². The number of nitrogens with zero attached hydrogens (tertiary/aromatic N) is 3. The number of aliphatic hydroxyl groups excluding tert-OH is 1. The molecule has 0 aliphatic carbocycles. The van der Waals surface area contributed by atoms with Crippen molar-refractivity contribution in [1.82, 2.24) is 0 Å². The van der Waals surface area contributed by atoms with E-state index in [1.807, 2.05) is 0 Å². The van der Waals surface area contributed by atoms with Gasteiger partial charge in [0.05, 0.1) is 24.2 Å². The molecule has 0 bridgehead atoms. The summed E-state index contributed by atoms with van der Waals surface area (Å²) in [6, 6.07) is 4.36. The van der Waals surface area contributed by atoms with Crippen LogP contribution in [0.25, 0.3) is 0 Å². The minimum atomic E-state index is -4.75. The minimum absolute atomic E-state index is 0.0696. The van der Waals surface area contributed by atoms with Crippen molar-refractivity contribution in [1.29, 1.82) is 0 Å². The van der Waals surface area contributed by atoms with Crippen LogP contribution in [0.1, 0.15) is 11.1 Å². The van der Waals surface area contributed by atoms with Crippen molar-refractivity contribution < 1.29 is 33.0 Å². The molecule has 138 valence electrons. The molecule has 0 aliphatic rings. The Hall–Kier alpha value is -3.21. The van der Waals surface area contributed by atoms with Gasteiger partial charge in [0.25, 0.3) is 5.69 Å². The van der Waals surface area contributed by atoms with E-state index in [2.05, 4.69) is 10.2 Å². The molecule has 0 radical (unpaired) electrons. The fourth-order valence-corrected chi connectivity index (χ4v) is 2.00. The van der Waals surface area contributed by atoms with Gasteiger partial charge in [0.2, 0.25) is 0 Å². The number of ether oxygens (including phenoxy) is 1. The van der Waals surface area contributed by atoms with E-state index in [9.17, 15) is 33.5 Å². The number of phenols is 1. The van der Waals surface area contributed by atoms with Crippen LogP contribution in [0.5, 0.6) is 11.5 Å². The molecule has 2 aromatic carbocycles. The Kier molecular flexibility index (Phi) is 5.41. The number of halogens is 3. The average molecular weight is 371 g/mol. The van der Waals surface area contributed by atoms with Gasteiger partial charge >= 0.3 is 6.18 Å². The van der Waals surface area contributed by atoms with E-state index in [-0.39, 0.29) is 17.0 Å². The fraction of sp³-hybridized carbons (Fsp3) is 0.200. The van der Waals surface area contributed by atoms with Gasteiger partial charge in [0, 0.05) is 17.7 Å². The van der Waals surface area contributed by atoms with Gasteiger partial charge in [-0.15, -0.1) is 10.2 Å². The predicted octanol–water partition coefficient (Wildman–Crippen LogP) is 4.24. The Bertz CT molecular complexity index is 868. The zero-order chi connectivity index (χ0) is 19.5. The van der Waals surface area contributed by atoms with E-state index in [0.29, 0.717) is 12.1 Å². The lowest BCUT2D eigenvalue weighted by Gasteiger charge is -2.08. The van der Waals surface area contributed by atoms with Gasteiger partial charge in [0.1, 0.15) is 17.2 Å². The second kappa shape index (κ2) is 7.35. The summed E-state index contributed by atoms with van der Waals surface area (Å²) in [5.41, 5.74) is -2.64. The second-order valence-corrected chi connectivity index (χ2v) is 4.97. The molecule has 0 aromatic heterocycles. The number of methoxy groups -OCH3 is 1. The SMILES string of the molecule is COc1cc(CO)c(O)c(N=Nc2ccc(C(F)(F)F)cc2[N+](=O)[O-])c1. The zero-order valence-corrected chi connectivity index (χ0v) is 13.2. The van der Waals surface area contributed by atoms with Crippen LogP contribution in [-0.4, -0.2) is 22.2 Å². The van der Waals surface area contributed by atoms with Crippen molar-refractivity contribution in [3.63, 3.8) is 0 Å². The van der Waals surface area contributed by atoms with Crippen molar-refractivity contribution in [3.8, 4) is 11.5 Å². The first-order chi connectivity index (χ1) is 12.2. The quantitative estimate of drug-likeness (QED) is 0.463. The first-order valence-electron chi connectivity index (χ1n) is 6.95. The summed E-state index contributed by atoms with van der Waals surface area (Å²) in [6.45, 7) is -0.536. The molecular weight excluding hydrogens is 359 g/mol. The standard InChI is InChI=1S/C15H12F3N3O5/c1-26-10-4-8(7-22)14(23)12(6-10)20-19-11-3-2-9(15(16,17)18)5-13(11)21(24)25/h2-6,22-23H,7H2,1H3. The Morgan fingerprint density at radius 1 is 1.19 bits per heavy atom. The highest BCUT2D eigenvalue weighted by Gasteiger charge is 2.33. The normalized spacial score (nSPS) is 11.7. The topological polar surface area (TPSA) is 118 Å². The largest absolute Gasteiger partial charge is 0.505 e. The predicted molar refractivity (Wildman–Crippen MR) is 82.9 cm³/mol. The van der Waals surface area contributed by atoms with Gasteiger partial charge in [-0.05, 0) is 18.2 Å². The molecule has 26 heavy (non-hydrogen) atoms. The van der Waals surface area contributed by atoms with Crippen LogP contribution in [0.3, 0.4) is 0 Å². The summed E-state index contributed by atoms with van der Waals surface area (Å²) in [5.74, 6) is -0.214. The Morgan fingerprint density at radius 2 is 1.85 bits per heavy atom. The van der Waals surface area contributed by atoms with Crippen LogP contribution in [0.4, 0.5) is 30.2 Å². The molecule has 0 heterocycles. The van der Waals surface area contributed by atoms with E-state index < -0.39 is 40.4 Å². The molecule has 0 fully saturated rings. The van der Waals surface area contributed by atoms with Gasteiger partial charge in [-0.2, -0.15) is 13.2 Å². The van der Waals surface area contributed by atoms with Gasteiger partial charge in [-0.25, -0.2) is 0 Å². The molecule has 0 spiro atoms. The second-order valence-electron chi connectivity index (χ2n) is 4.97. The summed E-state index contributed by atoms with van der Waals surface area (Å²) < 4.78 is 43.0. The highest BCUT2D eigenvalue weighted by atomic mass is 19.4. The van der Waals surface area contributed by atoms with Gasteiger partial charge in [-0.3, -0.25) is 10.1 Å². The smallest absolute Gasteiger partial charge is 0.416 e. The zero-order valence-electron chi connectivity index (χ0n) is 13.2. The van der Waals surface area contributed by atoms with Crippen molar-refractivity contribution in [3.05, 3.63) is 51.6 Å². The third kappa shape index (κ3) is 4.06. The molecule has 2 rings (SSSR count). The number of azo groups is 1. The number of nitro benzene ring substituents is 1. The molecule has 0 atom stereocenters. The Morgan fingerprint density at radius 3 is 2.38 bits per heavy atom. The third-order valence-electron chi connectivity index (χ3n) is 3.31. The third-order valence-corrected chi connectivity index (χ3v) is 3.31. The number of aromatic hydroxyl groups is 1. The number of hydrogen-bond acceptors (Lipinski definition) is 7. The highest BCUT2D eigenvalue weighted by molar-refractivity contribution is 5.61. The Balaban J connectivity index is 2.50. The summed E-state index contributed by atoms with van der Waals surface area (Å²) in [6.07, 6.45) is -4.75. The summed E-state index contributed by atoms with van der Waals surface area (Å²) in [7, 11) is 1.33. The van der Waals surface area contributed by atoms with E-state index in [0.717, 1.165) is 6.07 Å². The van der Waals surface area contributed by atoms with Crippen molar-refractivity contribution in [2.45, 2.75) is 12.8 Å². The number of hydrogen-bond donors (Lipinski definition) is 2. The first kappa shape index (κ1) is 19.1. The van der Waals surface area contributed by atoms with Crippen LogP contribution < -0.4 is 4.74 Å². The fourth-order valence-electron chi connectivity index (χ4n) is 2.00. The Labute approximate surface area is 144 Å². The van der Waals surface area contributed by atoms with Crippen LogP contribution in [-0.2, 0) is 12.8 Å². The number of benzene rings is 2. The van der Waals surface area contributed by atoms with E-state index in [1.54, 1.807) is 0 Å². The molecule has 0 aliphatic heterocycles. The van der Waals surface area contributed by atoms with Crippen LogP contribution in [0.15, 0.2) is 40.6 Å². The highest BCUT2D eigenvalue weighted by Crippen LogP contribution is 2.39. The molecule has 2 N–H and O–H groups in total. The van der Waals surface area contributed by atoms with Crippen LogP contribution in [0.2, 0.25) is 0 Å². The maximum Gasteiger partial charge on any atom is 0.416 e. The summed E-state index contributed by atoms with van der Waals surface area (Å²) in [4.78, 5) is 9.99. The number of alkyl halides is 3. The maximum absolute atomic E-state index is 12.7. The summed E-state index contributed by atoms with van der Waals surface area (Å²) >= 11 is 0. The molecular formula is C15H12F3N3O5. The van der Waals surface area contributed by atoms with E-state index in [1.165, 1.54) is 19.2 Å². The molecule has 0 unspecified atom stereocenters. The molecule has 11 heteroatoms. The average Bonchev–Trinajstić information content (AvgIpc) is 2.59.